The Bertz CT molecular complexity index is 234. The summed E-state index contributed by atoms with van der Waals surface area (Å²) in [5, 5.41) is 3.28. The van der Waals surface area contributed by atoms with Gasteiger partial charge < -0.3 is 10.2 Å². The number of hydrogen-bond donors (Lipinski definition) is 1. The van der Waals surface area contributed by atoms with Gasteiger partial charge in [-0.3, -0.25) is 4.79 Å². The predicted octanol–water partition coefficient (Wildman–Crippen LogP) is 2.20. The molecule has 0 aromatic rings. The Labute approximate surface area is 111 Å². The number of nitrogens with one attached hydrogen (secondary N) is 1. The minimum absolute atomic E-state index is 0. The minimum Gasteiger partial charge on any atom is -0.342 e. The molecular formula is C13H25ClN2O. The Balaban J connectivity index is 0.00000144. The highest BCUT2D eigenvalue weighted by Crippen LogP contribution is 2.23. The Hall–Kier alpha value is -0.280. The second kappa shape index (κ2) is 7.22. The molecule has 1 saturated heterocycles. The van der Waals surface area contributed by atoms with Crippen LogP contribution < -0.4 is 5.32 Å². The monoisotopic (exact) mass is 260 g/mol. The fourth-order valence-corrected chi connectivity index (χ4v) is 2.98. The fourth-order valence-electron chi connectivity index (χ4n) is 2.98. The number of halogens is 1. The topological polar surface area (TPSA) is 32.3 Å². The predicted molar refractivity (Wildman–Crippen MR) is 72.5 cm³/mol. The van der Waals surface area contributed by atoms with Gasteiger partial charge >= 0.3 is 0 Å². The molecule has 2 rings (SSSR count). The molecule has 0 aromatic heterocycles. The van der Waals surface area contributed by atoms with Gasteiger partial charge in [-0.1, -0.05) is 25.7 Å². The third kappa shape index (κ3) is 3.85. The number of carbonyl (C=O) groups excluding carboxylic acids is 1. The van der Waals surface area contributed by atoms with Gasteiger partial charge in [0, 0.05) is 19.6 Å². The first-order valence-electron chi connectivity index (χ1n) is 6.76. The van der Waals surface area contributed by atoms with Crippen LogP contribution in [0.5, 0.6) is 0 Å². The lowest BCUT2D eigenvalue weighted by Gasteiger charge is -2.29. The van der Waals surface area contributed by atoms with Crippen molar-refractivity contribution >= 4 is 18.3 Å². The first-order valence-corrected chi connectivity index (χ1v) is 6.76. The van der Waals surface area contributed by atoms with Crippen molar-refractivity contribution < 1.29 is 4.79 Å². The van der Waals surface area contributed by atoms with E-state index in [0.29, 0.717) is 11.9 Å². The van der Waals surface area contributed by atoms with Crippen molar-refractivity contribution in [2.75, 3.05) is 20.1 Å². The molecular weight excluding hydrogens is 236 g/mol. The smallest absolute Gasteiger partial charge is 0.227 e. The van der Waals surface area contributed by atoms with Gasteiger partial charge in [0.25, 0.3) is 0 Å². The maximum atomic E-state index is 12.2. The third-order valence-corrected chi connectivity index (χ3v) is 4.13. The van der Waals surface area contributed by atoms with Crippen LogP contribution in [0.1, 0.15) is 44.9 Å². The largest absolute Gasteiger partial charge is 0.342 e. The summed E-state index contributed by atoms with van der Waals surface area (Å²) in [7, 11) is 2.01. The van der Waals surface area contributed by atoms with E-state index in [1.165, 1.54) is 38.5 Å². The molecule has 1 amide bonds. The van der Waals surface area contributed by atoms with E-state index in [0.717, 1.165) is 19.5 Å². The van der Waals surface area contributed by atoms with E-state index in [1.807, 2.05) is 11.9 Å². The molecule has 17 heavy (non-hydrogen) atoms. The molecule has 1 aliphatic carbocycles. The first-order chi connectivity index (χ1) is 7.79. The van der Waals surface area contributed by atoms with Crippen LogP contribution in [0.25, 0.3) is 0 Å². The average Bonchev–Trinajstić information content (AvgIpc) is 2.70. The van der Waals surface area contributed by atoms with E-state index in [9.17, 15) is 4.79 Å². The Morgan fingerprint density at radius 3 is 2.29 bits per heavy atom. The van der Waals surface area contributed by atoms with Crippen molar-refractivity contribution in [3.8, 4) is 0 Å². The summed E-state index contributed by atoms with van der Waals surface area (Å²) in [4.78, 5) is 14.3. The molecule has 0 aromatic carbocycles. The molecule has 0 radical (unpaired) electrons. The number of hydrogen-bond acceptors (Lipinski definition) is 2. The van der Waals surface area contributed by atoms with Gasteiger partial charge in [0.1, 0.15) is 0 Å². The van der Waals surface area contributed by atoms with Crippen molar-refractivity contribution in [2.24, 2.45) is 5.92 Å². The number of nitrogens with zero attached hydrogens (tertiary/aromatic N) is 1. The van der Waals surface area contributed by atoms with Gasteiger partial charge in [0.15, 0.2) is 0 Å². The second-order valence-electron chi connectivity index (χ2n) is 5.28. The summed E-state index contributed by atoms with van der Waals surface area (Å²) in [5.74, 6) is 0.616. The van der Waals surface area contributed by atoms with Crippen LogP contribution in [-0.4, -0.2) is 37.0 Å². The number of amides is 1. The first kappa shape index (κ1) is 14.8. The summed E-state index contributed by atoms with van der Waals surface area (Å²) in [6, 6.07) is 0.510. The molecule has 1 aliphatic heterocycles. The van der Waals surface area contributed by atoms with E-state index >= 15 is 0 Å². The lowest BCUT2D eigenvalue weighted by Crippen LogP contribution is -2.41. The molecule has 3 nitrogen and oxygen atoms in total. The summed E-state index contributed by atoms with van der Waals surface area (Å²) < 4.78 is 0. The lowest BCUT2D eigenvalue weighted by molar-refractivity contribution is -0.135. The van der Waals surface area contributed by atoms with Gasteiger partial charge in [-0.15, -0.1) is 12.4 Å². The highest BCUT2D eigenvalue weighted by Gasteiger charge is 2.29. The molecule has 0 bridgehead atoms. The van der Waals surface area contributed by atoms with E-state index < -0.39 is 0 Å². The zero-order valence-electron chi connectivity index (χ0n) is 10.8. The molecule has 1 saturated carbocycles. The molecule has 1 heterocycles. The van der Waals surface area contributed by atoms with Crippen molar-refractivity contribution in [1.82, 2.24) is 10.2 Å². The number of carbonyl (C=O) groups is 1. The van der Waals surface area contributed by atoms with Crippen molar-refractivity contribution in [1.29, 1.82) is 0 Å². The molecule has 100 valence electrons. The van der Waals surface area contributed by atoms with Gasteiger partial charge in [-0.2, -0.15) is 0 Å². The molecule has 1 N–H and O–H groups in total. The van der Waals surface area contributed by atoms with Crippen LogP contribution >= 0.6 is 12.4 Å². The van der Waals surface area contributed by atoms with Crippen molar-refractivity contribution in [3.63, 3.8) is 0 Å². The van der Waals surface area contributed by atoms with E-state index in [1.54, 1.807) is 0 Å². The van der Waals surface area contributed by atoms with Crippen LogP contribution in [0.15, 0.2) is 0 Å². The SMILES string of the molecule is CN(C(=O)C1CCNC1)C1CCCCCC1.Cl. The Kier molecular flexibility index (Phi) is 6.28. The Morgan fingerprint density at radius 1 is 1.12 bits per heavy atom. The van der Waals surface area contributed by atoms with Crippen LogP contribution in [0, 0.1) is 5.92 Å². The normalized spacial score (nSPS) is 26.1. The molecule has 4 heteroatoms. The van der Waals surface area contributed by atoms with Crippen LogP contribution in [0.4, 0.5) is 0 Å². The summed E-state index contributed by atoms with van der Waals surface area (Å²) in [6.45, 7) is 1.89. The quantitative estimate of drug-likeness (QED) is 0.772. The summed E-state index contributed by atoms with van der Waals surface area (Å²) in [6.07, 6.45) is 8.74. The average molecular weight is 261 g/mol. The zero-order valence-corrected chi connectivity index (χ0v) is 11.6. The molecule has 2 fully saturated rings. The second-order valence-corrected chi connectivity index (χ2v) is 5.28. The molecule has 1 unspecified atom stereocenters. The van der Waals surface area contributed by atoms with E-state index in [4.69, 9.17) is 0 Å². The minimum atomic E-state index is 0. The van der Waals surface area contributed by atoms with Crippen LogP contribution in [0.2, 0.25) is 0 Å². The maximum absolute atomic E-state index is 12.2. The van der Waals surface area contributed by atoms with Gasteiger partial charge in [0.05, 0.1) is 5.92 Å². The van der Waals surface area contributed by atoms with E-state index in [-0.39, 0.29) is 18.3 Å². The molecule has 1 atom stereocenters. The molecule has 0 spiro atoms. The fraction of sp³-hybridized carbons (Fsp3) is 0.923. The van der Waals surface area contributed by atoms with Gasteiger partial charge in [0.2, 0.25) is 5.91 Å². The zero-order chi connectivity index (χ0) is 11.4. The third-order valence-electron chi connectivity index (χ3n) is 4.13. The van der Waals surface area contributed by atoms with Crippen molar-refractivity contribution in [2.45, 2.75) is 51.0 Å². The van der Waals surface area contributed by atoms with E-state index in [2.05, 4.69) is 5.32 Å². The van der Waals surface area contributed by atoms with Crippen molar-refractivity contribution in [3.05, 3.63) is 0 Å². The van der Waals surface area contributed by atoms with Crippen LogP contribution in [-0.2, 0) is 4.79 Å². The standard InChI is InChI=1S/C13H24N2O.ClH/c1-15(12-6-4-2-3-5-7-12)13(16)11-8-9-14-10-11;/h11-12,14H,2-10H2,1H3;1H. The number of rotatable bonds is 2. The van der Waals surface area contributed by atoms with Gasteiger partial charge in [-0.05, 0) is 25.8 Å². The molecule has 2 aliphatic rings. The lowest BCUT2D eigenvalue weighted by atomic mass is 10.0. The maximum Gasteiger partial charge on any atom is 0.227 e. The highest BCUT2D eigenvalue weighted by molar-refractivity contribution is 5.85. The Morgan fingerprint density at radius 2 is 1.76 bits per heavy atom. The van der Waals surface area contributed by atoms with Crippen LogP contribution in [0.3, 0.4) is 0 Å². The highest BCUT2D eigenvalue weighted by atomic mass is 35.5. The van der Waals surface area contributed by atoms with Gasteiger partial charge in [-0.25, -0.2) is 0 Å². The summed E-state index contributed by atoms with van der Waals surface area (Å²) >= 11 is 0. The summed E-state index contributed by atoms with van der Waals surface area (Å²) in [5.41, 5.74) is 0.